The molecule has 1 aliphatic carbocycles. The van der Waals surface area contributed by atoms with Gasteiger partial charge >= 0.3 is 0 Å². The van der Waals surface area contributed by atoms with E-state index in [1.165, 1.54) is 17.7 Å². The summed E-state index contributed by atoms with van der Waals surface area (Å²) in [6.45, 7) is 4.94. The van der Waals surface area contributed by atoms with Gasteiger partial charge in [0.25, 0.3) is 0 Å². The maximum absolute atomic E-state index is 4.82. The van der Waals surface area contributed by atoms with Crippen LogP contribution < -0.4 is 10.2 Å². The van der Waals surface area contributed by atoms with Gasteiger partial charge in [-0.25, -0.2) is 4.98 Å². The zero-order valence-electron chi connectivity index (χ0n) is 11.9. The average Bonchev–Trinajstić information content (AvgIpc) is 3.19. The van der Waals surface area contributed by atoms with E-state index in [1.54, 1.807) is 0 Å². The lowest BCUT2D eigenvalue weighted by atomic mass is 10.3. The minimum Gasteiger partial charge on any atom is -0.348 e. The van der Waals surface area contributed by atoms with Crippen LogP contribution in [-0.4, -0.2) is 17.6 Å². The van der Waals surface area contributed by atoms with Crippen molar-refractivity contribution in [2.75, 3.05) is 11.4 Å². The van der Waals surface area contributed by atoms with Crippen molar-refractivity contribution < 1.29 is 0 Å². The zero-order chi connectivity index (χ0) is 13.8. The molecule has 3 nitrogen and oxygen atoms in total. The minimum absolute atomic E-state index is 0.680. The van der Waals surface area contributed by atoms with Gasteiger partial charge in [0.15, 0.2) is 0 Å². The highest BCUT2D eigenvalue weighted by molar-refractivity contribution is 7.09. The Kier molecular flexibility index (Phi) is 4.33. The van der Waals surface area contributed by atoms with Crippen molar-refractivity contribution in [2.24, 2.45) is 0 Å². The van der Waals surface area contributed by atoms with Crippen molar-refractivity contribution in [3.05, 3.63) is 46.3 Å². The molecular formula is C16H21N3S. The van der Waals surface area contributed by atoms with Gasteiger partial charge in [0, 0.05) is 17.5 Å². The summed E-state index contributed by atoms with van der Waals surface area (Å²) in [7, 11) is 0. The zero-order valence-corrected chi connectivity index (χ0v) is 12.7. The van der Waals surface area contributed by atoms with Crippen LogP contribution in [0.1, 0.15) is 30.3 Å². The summed E-state index contributed by atoms with van der Waals surface area (Å²) in [4.78, 5) is 8.69. The Morgan fingerprint density at radius 1 is 1.30 bits per heavy atom. The first-order valence-corrected chi connectivity index (χ1v) is 8.20. The molecule has 0 spiro atoms. The highest BCUT2D eigenvalue weighted by Crippen LogP contribution is 2.32. The third-order valence-electron chi connectivity index (χ3n) is 3.54. The summed E-state index contributed by atoms with van der Waals surface area (Å²) < 4.78 is 0. The first-order valence-electron chi connectivity index (χ1n) is 7.32. The summed E-state index contributed by atoms with van der Waals surface area (Å²) >= 11 is 1.83. The monoisotopic (exact) mass is 287 g/mol. The number of hydrogen-bond acceptors (Lipinski definition) is 4. The maximum Gasteiger partial charge on any atom is 0.129 e. The number of anilines is 1. The fourth-order valence-electron chi connectivity index (χ4n) is 2.33. The topological polar surface area (TPSA) is 28.2 Å². The Hall–Kier alpha value is -1.39. The van der Waals surface area contributed by atoms with E-state index >= 15 is 0 Å². The van der Waals surface area contributed by atoms with Crippen molar-refractivity contribution in [3.8, 4) is 0 Å². The lowest BCUT2D eigenvalue weighted by Gasteiger charge is -2.23. The Bertz CT molecular complexity index is 534. The van der Waals surface area contributed by atoms with Crippen LogP contribution in [0.25, 0.3) is 0 Å². The van der Waals surface area contributed by atoms with Gasteiger partial charge in [-0.3, -0.25) is 0 Å². The maximum atomic E-state index is 4.82. The number of pyridine rings is 1. The van der Waals surface area contributed by atoms with Crippen molar-refractivity contribution in [3.63, 3.8) is 0 Å². The van der Waals surface area contributed by atoms with Gasteiger partial charge in [-0.2, -0.15) is 0 Å². The Morgan fingerprint density at radius 2 is 2.20 bits per heavy atom. The molecule has 3 rings (SSSR count). The van der Waals surface area contributed by atoms with Crippen LogP contribution in [-0.2, 0) is 13.1 Å². The number of nitrogens with one attached hydrogen (secondary N) is 1. The normalized spacial score (nSPS) is 14.4. The summed E-state index contributed by atoms with van der Waals surface area (Å²) in [5.74, 6) is 1.12. The van der Waals surface area contributed by atoms with Crippen molar-refractivity contribution in [1.82, 2.24) is 10.3 Å². The molecule has 0 atom stereocenters. The van der Waals surface area contributed by atoms with Crippen LogP contribution in [0.15, 0.2) is 35.7 Å². The Labute approximate surface area is 124 Å². The summed E-state index contributed by atoms with van der Waals surface area (Å²) in [6, 6.07) is 11.4. The molecular weight excluding hydrogens is 266 g/mol. The summed E-state index contributed by atoms with van der Waals surface area (Å²) in [5, 5.41) is 5.49. The molecule has 1 aliphatic rings. The minimum atomic E-state index is 0.680. The van der Waals surface area contributed by atoms with Gasteiger partial charge in [0.05, 0.1) is 12.2 Å². The van der Waals surface area contributed by atoms with Crippen LogP contribution >= 0.6 is 11.3 Å². The number of aromatic nitrogens is 1. The molecule has 20 heavy (non-hydrogen) atoms. The van der Waals surface area contributed by atoms with Gasteiger partial charge in [0.2, 0.25) is 0 Å². The predicted octanol–water partition coefficient (Wildman–Crippen LogP) is 3.42. The first-order chi connectivity index (χ1) is 9.86. The molecule has 0 amide bonds. The fraction of sp³-hybridized carbons (Fsp3) is 0.438. The number of thiophene rings is 1. The van der Waals surface area contributed by atoms with Crippen LogP contribution in [0.5, 0.6) is 0 Å². The smallest absolute Gasteiger partial charge is 0.129 e. The molecule has 4 heteroatoms. The second-order valence-corrected chi connectivity index (χ2v) is 6.24. The van der Waals surface area contributed by atoms with E-state index in [0.717, 1.165) is 31.1 Å². The highest BCUT2D eigenvalue weighted by Gasteiger charge is 2.30. The van der Waals surface area contributed by atoms with Crippen molar-refractivity contribution in [1.29, 1.82) is 0 Å². The molecule has 1 N–H and O–H groups in total. The first kappa shape index (κ1) is 13.6. The number of rotatable bonds is 7. The molecule has 0 aliphatic heterocycles. The van der Waals surface area contributed by atoms with Gasteiger partial charge in [0.1, 0.15) is 5.82 Å². The quantitative estimate of drug-likeness (QED) is 0.845. The second kappa shape index (κ2) is 6.37. The van der Waals surface area contributed by atoms with Crippen molar-refractivity contribution in [2.45, 2.75) is 38.9 Å². The third-order valence-corrected chi connectivity index (χ3v) is 4.40. The number of nitrogens with zero attached hydrogens (tertiary/aromatic N) is 2. The average molecular weight is 287 g/mol. The molecule has 2 heterocycles. The van der Waals surface area contributed by atoms with Crippen LogP contribution in [0.2, 0.25) is 0 Å². The van der Waals surface area contributed by atoms with Gasteiger partial charge in [-0.1, -0.05) is 19.1 Å². The lowest BCUT2D eigenvalue weighted by Crippen LogP contribution is -2.26. The Morgan fingerprint density at radius 3 is 2.90 bits per heavy atom. The summed E-state index contributed by atoms with van der Waals surface area (Å²) in [5.41, 5.74) is 1.13. The van der Waals surface area contributed by atoms with E-state index in [1.807, 2.05) is 11.3 Å². The van der Waals surface area contributed by atoms with Crippen LogP contribution in [0, 0.1) is 0 Å². The standard InChI is InChI=1S/C16H21N3S/c1-2-17-11-13-5-3-7-16(18-13)19(14-8-9-14)12-15-6-4-10-20-15/h3-7,10,14,17H,2,8-9,11-12H2,1H3. The molecule has 106 valence electrons. The van der Waals surface area contributed by atoms with E-state index in [9.17, 15) is 0 Å². The molecule has 0 unspecified atom stereocenters. The lowest BCUT2D eigenvalue weighted by molar-refractivity contribution is 0.704. The van der Waals surface area contributed by atoms with Crippen LogP contribution in [0.4, 0.5) is 5.82 Å². The van der Waals surface area contributed by atoms with E-state index in [0.29, 0.717) is 6.04 Å². The molecule has 1 fully saturated rings. The van der Waals surface area contributed by atoms with E-state index in [2.05, 4.69) is 52.9 Å². The Balaban J connectivity index is 1.76. The molecule has 1 saturated carbocycles. The molecule has 0 bridgehead atoms. The largest absolute Gasteiger partial charge is 0.348 e. The predicted molar refractivity (Wildman–Crippen MR) is 85.1 cm³/mol. The molecule has 0 aromatic carbocycles. The van der Waals surface area contributed by atoms with Crippen molar-refractivity contribution >= 4 is 17.2 Å². The molecule has 0 saturated heterocycles. The molecule has 2 aromatic rings. The number of hydrogen-bond donors (Lipinski definition) is 1. The highest BCUT2D eigenvalue weighted by atomic mass is 32.1. The van der Waals surface area contributed by atoms with E-state index in [-0.39, 0.29) is 0 Å². The van der Waals surface area contributed by atoms with Gasteiger partial charge < -0.3 is 10.2 Å². The van der Waals surface area contributed by atoms with Gasteiger partial charge in [-0.05, 0) is 43.0 Å². The van der Waals surface area contributed by atoms with Gasteiger partial charge in [-0.15, -0.1) is 11.3 Å². The van der Waals surface area contributed by atoms with E-state index < -0.39 is 0 Å². The summed E-state index contributed by atoms with van der Waals surface area (Å²) in [6.07, 6.45) is 2.59. The van der Waals surface area contributed by atoms with E-state index in [4.69, 9.17) is 4.98 Å². The molecule has 0 radical (unpaired) electrons. The third kappa shape index (κ3) is 3.38. The second-order valence-electron chi connectivity index (χ2n) is 5.21. The van der Waals surface area contributed by atoms with Crippen LogP contribution in [0.3, 0.4) is 0 Å². The molecule has 2 aromatic heterocycles. The fourth-order valence-corrected chi connectivity index (χ4v) is 3.03. The SMILES string of the molecule is CCNCc1cccc(N(Cc2cccs2)C2CC2)n1.